The fourth-order valence-electron chi connectivity index (χ4n) is 4.88. The Morgan fingerprint density at radius 1 is 1.16 bits per heavy atom. The number of nitrogens with zero attached hydrogens (tertiary/aromatic N) is 3. The molecule has 0 saturated carbocycles. The topological polar surface area (TPSA) is 78.6 Å². The second-order valence-electron chi connectivity index (χ2n) is 9.04. The number of aliphatic hydroxyl groups excluding tert-OH is 1. The van der Waals surface area contributed by atoms with Crippen molar-refractivity contribution in [3.63, 3.8) is 0 Å². The molecule has 5 atom stereocenters. The van der Waals surface area contributed by atoms with Gasteiger partial charge in [-0.25, -0.2) is 9.97 Å². The minimum atomic E-state index is -0.927. The zero-order valence-electron chi connectivity index (χ0n) is 18.2. The molecule has 2 aromatic heterocycles. The SMILES string of the molecule is Cc1cc(C(O)[C@H]2O[C@@H](n3ccc4c(C)ncnc43)[C@@H]3OC(C)(C)O[C@]23C)ccc1Cl. The number of hydrogen-bond acceptors (Lipinski definition) is 6. The molecule has 2 saturated heterocycles. The van der Waals surface area contributed by atoms with Gasteiger partial charge in [0.15, 0.2) is 12.0 Å². The van der Waals surface area contributed by atoms with Crippen LogP contribution in [-0.4, -0.2) is 43.2 Å². The fourth-order valence-corrected chi connectivity index (χ4v) is 5.00. The van der Waals surface area contributed by atoms with Crippen LogP contribution in [0.4, 0.5) is 0 Å². The third-order valence-electron chi connectivity index (χ3n) is 6.34. The lowest BCUT2D eigenvalue weighted by Gasteiger charge is -2.32. The standard InChI is InChI=1S/C23H26ClN3O4/c1-12-10-14(6-7-16(12)24)17(28)18-23(5)19(30-22(3,4)31-23)21(29-18)27-9-8-15-13(2)25-11-26-20(15)27/h6-11,17-19,21,28H,1-5H3/t17?,18-,19+,21-,23-/m1/s1. The summed E-state index contributed by atoms with van der Waals surface area (Å²) in [6.07, 6.45) is 0.913. The molecule has 1 N–H and O–H groups in total. The maximum Gasteiger partial charge on any atom is 0.165 e. The highest BCUT2D eigenvalue weighted by Gasteiger charge is 2.65. The van der Waals surface area contributed by atoms with E-state index in [2.05, 4.69) is 9.97 Å². The monoisotopic (exact) mass is 443 g/mol. The van der Waals surface area contributed by atoms with Crippen LogP contribution in [-0.2, 0) is 14.2 Å². The van der Waals surface area contributed by atoms with E-state index in [0.717, 1.165) is 27.9 Å². The summed E-state index contributed by atoms with van der Waals surface area (Å²) in [5.74, 6) is -0.816. The van der Waals surface area contributed by atoms with Gasteiger partial charge in [-0.3, -0.25) is 0 Å². The normalized spacial score (nSPS) is 30.6. The molecular weight excluding hydrogens is 418 g/mol. The van der Waals surface area contributed by atoms with Crippen molar-refractivity contribution in [1.82, 2.24) is 14.5 Å². The number of aromatic nitrogens is 3. The van der Waals surface area contributed by atoms with Crippen LogP contribution in [0.5, 0.6) is 0 Å². The van der Waals surface area contributed by atoms with Crippen molar-refractivity contribution < 1.29 is 19.3 Å². The summed E-state index contributed by atoms with van der Waals surface area (Å²) < 4.78 is 21.1. The Balaban J connectivity index is 1.58. The number of ether oxygens (including phenoxy) is 3. The Kier molecular flexibility index (Phi) is 4.70. The molecule has 4 heterocycles. The van der Waals surface area contributed by atoms with Gasteiger partial charge in [-0.2, -0.15) is 0 Å². The summed E-state index contributed by atoms with van der Waals surface area (Å²) in [4.78, 5) is 8.74. The third kappa shape index (κ3) is 3.18. The van der Waals surface area contributed by atoms with Crippen LogP contribution < -0.4 is 0 Å². The van der Waals surface area contributed by atoms with Crippen LogP contribution in [0, 0.1) is 13.8 Å². The lowest BCUT2D eigenvalue weighted by molar-refractivity contribution is -0.223. The predicted octanol–water partition coefficient (Wildman–Crippen LogP) is 4.24. The van der Waals surface area contributed by atoms with Crippen LogP contribution >= 0.6 is 11.6 Å². The Morgan fingerprint density at radius 3 is 2.68 bits per heavy atom. The van der Waals surface area contributed by atoms with Crippen LogP contribution in [0.15, 0.2) is 36.8 Å². The lowest BCUT2D eigenvalue weighted by Crippen LogP contribution is -2.46. The highest BCUT2D eigenvalue weighted by atomic mass is 35.5. The smallest absolute Gasteiger partial charge is 0.165 e. The van der Waals surface area contributed by atoms with E-state index < -0.39 is 35.9 Å². The van der Waals surface area contributed by atoms with E-state index in [1.807, 2.05) is 63.6 Å². The summed E-state index contributed by atoms with van der Waals surface area (Å²) in [6, 6.07) is 7.46. The molecule has 31 heavy (non-hydrogen) atoms. The van der Waals surface area contributed by atoms with Gasteiger partial charge in [-0.05, 0) is 57.9 Å². The van der Waals surface area contributed by atoms with Crippen molar-refractivity contribution in [3.05, 3.63) is 58.6 Å². The van der Waals surface area contributed by atoms with Gasteiger partial charge in [0.1, 0.15) is 35.9 Å². The Morgan fingerprint density at radius 2 is 1.94 bits per heavy atom. The van der Waals surface area contributed by atoms with Crippen molar-refractivity contribution in [3.8, 4) is 0 Å². The van der Waals surface area contributed by atoms with Gasteiger partial charge >= 0.3 is 0 Å². The number of benzene rings is 1. The largest absolute Gasteiger partial charge is 0.386 e. The van der Waals surface area contributed by atoms with Crippen molar-refractivity contribution in [2.75, 3.05) is 0 Å². The lowest BCUT2D eigenvalue weighted by atomic mass is 9.88. The quantitative estimate of drug-likeness (QED) is 0.652. The number of hydrogen-bond donors (Lipinski definition) is 1. The van der Waals surface area contributed by atoms with E-state index in [4.69, 9.17) is 25.8 Å². The average molecular weight is 444 g/mol. The summed E-state index contributed by atoms with van der Waals surface area (Å²) in [5.41, 5.74) is 2.38. The maximum atomic E-state index is 11.4. The zero-order valence-corrected chi connectivity index (χ0v) is 18.9. The second kappa shape index (κ2) is 6.98. The van der Waals surface area contributed by atoms with Crippen molar-refractivity contribution >= 4 is 22.6 Å². The van der Waals surface area contributed by atoms with Crippen molar-refractivity contribution in [2.24, 2.45) is 0 Å². The molecule has 0 bridgehead atoms. The molecule has 2 fully saturated rings. The van der Waals surface area contributed by atoms with E-state index in [-0.39, 0.29) is 0 Å². The first-order valence-electron chi connectivity index (χ1n) is 10.4. The Bertz CT molecular complexity index is 1160. The molecule has 3 aromatic rings. The molecule has 1 aromatic carbocycles. The van der Waals surface area contributed by atoms with E-state index in [9.17, 15) is 5.11 Å². The first kappa shape index (κ1) is 20.8. The van der Waals surface area contributed by atoms with Crippen LogP contribution in [0.1, 0.15) is 49.9 Å². The number of fused-ring (bicyclic) bond motifs is 2. The molecule has 0 spiro atoms. The highest BCUT2D eigenvalue weighted by Crippen LogP contribution is 2.53. The van der Waals surface area contributed by atoms with E-state index in [0.29, 0.717) is 5.02 Å². The molecule has 8 heteroatoms. The number of halogens is 1. The van der Waals surface area contributed by atoms with Gasteiger partial charge in [0.2, 0.25) is 0 Å². The van der Waals surface area contributed by atoms with E-state index in [1.165, 1.54) is 0 Å². The molecule has 164 valence electrons. The van der Waals surface area contributed by atoms with Gasteiger partial charge in [-0.1, -0.05) is 23.7 Å². The molecule has 2 aliphatic rings. The molecule has 1 unspecified atom stereocenters. The minimum Gasteiger partial charge on any atom is -0.386 e. The van der Waals surface area contributed by atoms with Gasteiger partial charge in [0.05, 0.1) is 5.69 Å². The highest BCUT2D eigenvalue weighted by molar-refractivity contribution is 6.31. The average Bonchev–Trinajstić information content (AvgIpc) is 3.31. The van der Waals surface area contributed by atoms with Gasteiger partial charge < -0.3 is 23.9 Å². The summed E-state index contributed by atoms with van der Waals surface area (Å²) in [7, 11) is 0. The van der Waals surface area contributed by atoms with Crippen molar-refractivity contribution in [2.45, 2.75) is 70.5 Å². The zero-order chi connectivity index (χ0) is 22.1. The van der Waals surface area contributed by atoms with Crippen LogP contribution in [0.2, 0.25) is 5.02 Å². The molecular formula is C23H26ClN3O4. The van der Waals surface area contributed by atoms with E-state index in [1.54, 1.807) is 12.4 Å². The molecule has 2 aliphatic heterocycles. The maximum absolute atomic E-state index is 11.4. The van der Waals surface area contributed by atoms with Gasteiger partial charge in [0, 0.05) is 16.6 Å². The third-order valence-corrected chi connectivity index (χ3v) is 6.77. The summed E-state index contributed by atoms with van der Waals surface area (Å²) in [5, 5.41) is 13.0. The molecule has 0 aliphatic carbocycles. The molecule has 5 rings (SSSR count). The van der Waals surface area contributed by atoms with Gasteiger partial charge in [0.25, 0.3) is 0 Å². The first-order valence-corrected chi connectivity index (χ1v) is 10.7. The number of rotatable bonds is 3. The summed E-state index contributed by atoms with van der Waals surface area (Å²) in [6.45, 7) is 9.55. The molecule has 0 amide bonds. The first-order chi connectivity index (χ1) is 14.6. The molecule has 0 radical (unpaired) electrons. The Labute approximate surface area is 185 Å². The van der Waals surface area contributed by atoms with Gasteiger partial charge in [-0.15, -0.1) is 0 Å². The number of aliphatic hydroxyl groups is 1. The van der Waals surface area contributed by atoms with Crippen LogP contribution in [0.25, 0.3) is 11.0 Å². The fraction of sp³-hybridized carbons (Fsp3) is 0.478. The van der Waals surface area contributed by atoms with Crippen molar-refractivity contribution in [1.29, 1.82) is 0 Å². The minimum absolute atomic E-state index is 0.443. The predicted molar refractivity (Wildman–Crippen MR) is 116 cm³/mol. The summed E-state index contributed by atoms with van der Waals surface area (Å²) >= 11 is 6.18. The second-order valence-corrected chi connectivity index (χ2v) is 9.45. The number of aryl methyl sites for hydroxylation is 2. The van der Waals surface area contributed by atoms with Crippen LogP contribution in [0.3, 0.4) is 0 Å². The molecule has 7 nitrogen and oxygen atoms in total. The van der Waals surface area contributed by atoms with E-state index >= 15 is 0 Å². The Hall–Kier alpha value is -2.03.